The number of nitro groups is 1. The molecule has 1 fully saturated rings. The van der Waals surface area contributed by atoms with Gasteiger partial charge in [-0.15, -0.1) is 0 Å². The zero-order chi connectivity index (χ0) is 17.0. The number of non-ortho nitro benzene ring substituents is 1. The quantitative estimate of drug-likeness (QED) is 0.445. The van der Waals surface area contributed by atoms with E-state index in [1.807, 2.05) is 0 Å². The summed E-state index contributed by atoms with van der Waals surface area (Å²) in [5.74, 6) is -0.680. The molecule has 0 spiro atoms. The molecule has 1 aliphatic rings. The number of carbonyl (C=O) groups excluding carboxylic acids is 2. The highest BCUT2D eigenvalue weighted by Gasteiger charge is 2.23. The fourth-order valence-corrected chi connectivity index (χ4v) is 2.34. The lowest BCUT2D eigenvalue weighted by atomic mass is 10.1. The second kappa shape index (κ2) is 7.05. The van der Waals surface area contributed by atoms with Gasteiger partial charge in [0.1, 0.15) is 0 Å². The molecule has 124 valence electrons. The van der Waals surface area contributed by atoms with E-state index in [0.29, 0.717) is 13.1 Å². The minimum atomic E-state index is -0.595. The van der Waals surface area contributed by atoms with Crippen molar-refractivity contribution >= 4 is 23.2 Å². The number of nitrogens with zero attached hydrogens (tertiary/aromatic N) is 3. The largest absolute Gasteiger partial charge is 0.398 e. The maximum Gasteiger partial charge on any atom is 0.270 e. The van der Waals surface area contributed by atoms with Gasteiger partial charge in [0.2, 0.25) is 5.91 Å². The Labute approximate surface area is 133 Å². The molecule has 1 aromatic rings. The molecule has 2 amide bonds. The van der Waals surface area contributed by atoms with Crippen molar-refractivity contribution in [3.63, 3.8) is 0 Å². The van der Waals surface area contributed by atoms with Crippen molar-refractivity contribution in [3.05, 3.63) is 33.9 Å². The predicted molar refractivity (Wildman–Crippen MR) is 83.9 cm³/mol. The summed E-state index contributed by atoms with van der Waals surface area (Å²) in [4.78, 5) is 37.7. The highest BCUT2D eigenvalue weighted by atomic mass is 16.6. The smallest absolute Gasteiger partial charge is 0.270 e. The van der Waals surface area contributed by atoms with Gasteiger partial charge in [0.05, 0.1) is 17.0 Å². The molecule has 1 aromatic carbocycles. The maximum atomic E-state index is 12.4. The van der Waals surface area contributed by atoms with Gasteiger partial charge in [-0.25, -0.2) is 0 Å². The van der Waals surface area contributed by atoms with Gasteiger partial charge < -0.3 is 20.9 Å². The lowest BCUT2D eigenvalue weighted by molar-refractivity contribution is -0.384. The standard InChI is InChI=1S/C14H19N5O4/c1-17(9-13(20)18-6-4-16-5-7-18)14(21)11-8-10(19(22)23)2-3-12(11)15/h2-3,8,16H,4-7,9,15H2,1H3. The molecule has 0 saturated carbocycles. The van der Waals surface area contributed by atoms with E-state index in [1.54, 1.807) is 4.90 Å². The Kier molecular flexibility index (Phi) is 5.12. The molecule has 9 heteroatoms. The number of piperazine rings is 1. The first-order valence-electron chi connectivity index (χ1n) is 7.18. The number of rotatable bonds is 4. The molecule has 9 nitrogen and oxygen atoms in total. The van der Waals surface area contributed by atoms with Crippen molar-refractivity contribution in [2.24, 2.45) is 0 Å². The molecule has 0 radical (unpaired) electrons. The highest BCUT2D eigenvalue weighted by molar-refractivity contribution is 6.01. The van der Waals surface area contributed by atoms with Crippen LogP contribution in [0.25, 0.3) is 0 Å². The Morgan fingerprint density at radius 2 is 2.04 bits per heavy atom. The summed E-state index contributed by atoms with van der Waals surface area (Å²) < 4.78 is 0. The van der Waals surface area contributed by atoms with Gasteiger partial charge in [-0.1, -0.05) is 0 Å². The Morgan fingerprint density at radius 3 is 2.65 bits per heavy atom. The molecule has 0 unspecified atom stereocenters. The van der Waals surface area contributed by atoms with Crippen LogP contribution in [-0.2, 0) is 4.79 Å². The van der Waals surface area contributed by atoms with Crippen molar-refractivity contribution in [1.29, 1.82) is 0 Å². The van der Waals surface area contributed by atoms with Gasteiger partial charge in [0.25, 0.3) is 11.6 Å². The molecule has 0 aliphatic carbocycles. The minimum Gasteiger partial charge on any atom is -0.398 e. The number of hydrogen-bond acceptors (Lipinski definition) is 6. The topological polar surface area (TPSA) is 122 Å². The number of benzene rings is 1. The molecular weight excluding hydrogens is 302 g/mol. The number of nitro benzene ring substituents is 1. The van der Waals surface area contributed by atoms with Crippen molar-refractivity contribution in [1.82, 2.24) is 15.1 Å². The molecule has 1 aliphatic heterocycles. The fourth-order valence-electron chi connectivity index (χ4n) is 2.34. The Morgan fingerprint density at radius 1 is 1.39 bits per heavy atom. The molecular formula is C14H19N5O4. The van der Waals surface area contributed by atoms with E-state index in [-0.39, 0.29) is 29.4 Å². The molecule has 0 atom stereocenters. The van der Waals surface area contributed by atoms with E-state index in [9.17, 15) is 19.7 Å². The van der Waals surface area contributed by atoms with Crippen molar-refractivity contribution < 1.29 is 14.5 Å². The molecule has 3 N–H and O–H groups in total. The van der Waals surface area contributed by atoms with Gasteiger partial charge in [0, 0.05) is 51.0 Å². The minimum absolute atomic E-state index is 0.0230. The molecule has 1 saturated heterocycles. The molecule has 2 rings (SSSR count). The number of nitrogens with two attached hydrogens (primary N) is 1. The van der Waals surface area contributed by atoms with E-state index in [1.165, 1.54) is 24.1 Å². The number of nitrogen functional groups attached to an aromatic ring is 1. The number of hydrogen-bond donors (Lipinski definition) is 2. The van der Waals surface area contributed by atoms with E-state index < -0.39 is 10.8 Å². The van der Waals surface area contributed by atoms with Crippen LogP contribution in [0.3, 0.4) is 0 Å². The van der Waals surface area contributed by atoms with Crippen molar-refractivity contribution in [2.75, 3.05) is 45.5 Å². The zero-order valence-electron chi connectivity index (χ0n) is 12.8. The lowest BCUT2D eigenvalue weighted by Gasteiger charge is -2.29. The highest BCUT2D eigenvalue weighted by Crippen LogP contribution is 2.20. The number of amides is 2. The summed E-state index contributed by atoms with van der Waals surface area (Å²) in [7, 11) is 1.47. The fraction of sp³-hybridized carbons (Fsp3) is 0.429. The van der Waals surface area contributed by atoms with Crippen LogP contribution in [0.1, 0.15) is 10.4 Å². The van der Waals surface area contributed by atoms with Gasteiger partial charge in [-0.05, 0) is 6.07 Å². The Hall–Kier alpha value is -2.68. The molecule has 0 aromatic heterocycles. The number of nitrogens with one attached hydrogen (secondary N) is 1. The van der Waals surface area contributed by atoms with Crippen molar-refractivity contribution in [2.45, 2.75) is 0 Å². The van der Waals surface area contributed by atoms with Gasteiger partial charge in [-0.2, -0.15) is 0 Å². The van der Waals surface area contributed by atoms with Crippen LogP contribution in [0.4, 0.5) is 11.4 Å². The first-order valence-corrected chi connectivity index (χ1v) is 7.18. The van der Waals surface area contributed by atoms with E-state index in [4.69, 9.17) is 5.73 Å². The number of anilines is 1. The molecule has 0 bridgehead atoms. The maximum absolute atomic E-state index is 12.4. The second-order valence-corrected chi connectivity index (χ2v) is 5.32. The second-order valence-electron chi connectivity index (χ2n) is 5.32. The van der Waals surface area contributed by atoms with E-state index in [2.05, 4.69) is 5.32 Å². The number of likely N-dealkylation sites (N-methyl/N-ethyl adjacent to an activating group) is 1. The van der Waals surface area contributed by atoms with Crippen LogP contribution in [0, 0.1) is 10.1 Å². The van der Waals surface area contributed by atoms with Crippen LogP contribution in [0.15, 0.2) is 18.2 Å². The van der Waals surface area contributed by atoms with Crippen LogP contribution < -0.4 is 11.1 Å². The van der Waals surface area contributed by atoms with Crippen LogP contribution in [-0.4, -0.2) is 66.3 Å². The average Bonchev–Trinajstić information content (AvgIpc) is 2.55. The summed E-state index contributed by atoms with van der Waals surface area (Å²) in [6.07, 6.45) is 0. The van der Waals surface area contributed by atoms with Gasteiger partial charge in [-0.3, -0.25) is 19.7 Å². The Bertz CT molecular complexity index is 628. The predicted octanol–water partition coefficient (Wildman–Crippen LogP) is -0.319. The third kappa shape index (κ3) is 3.95. The Balaban J connectivity index is 2.08. The number of carbonyl (C=O) groups is 2. The average molecular weight is 321 g/mol. The normalized spacial score (nSPS) is 14.4. The summed E-state index contributed by atoms with van der Waals surface area (Å²) in [6.45, 7) is 2.54. The SMILES string of the molecule is CN(CC(=O)N1CCNCC1)C(=O)c1cc([N+](=O)[O-])ccc1N. The monoisotopic (exact) mass is 321 g/mol. The van der Waals surface area contributed by atoms with Crippen LogP contribution in [0.5, 0.6) is 0 Å². The van der Waals surface area contributed by atoms with Gasteiger partial charge in [0.15, 0.2) is 0 Å². The lowest BCUT2D eigenvalue weighted by Crippen LogP contribution is -2.49. The first kappa shape index (κ1) is 16.7. The van der Waals surface area contributed by atoms with Gasteiger partial charge >= 0.3 is 0 Å². The third-order valence-electron chi connectivity index (χ3n) is 3.67. The zero-order valence-corrected chi connectivity index (χ0v) is 12.8. The molecule has 23 heavy (non-hydrogen) atoms. The first-order chi connectivity index (χ1) is 10.9. The van der Waals surface area contributed by atoms with E-state index >= 15 is 0 Å². The van der Waals surface area contributed by atoms with Crippen LogP contribution >= 0.6 is 0 Å². The molecule has 1 heterocycles. The summed E-state index contributed by atoms with van der Waals surface area (Å²) in [5.41, 5.74) is 5.67. The van der Waals surface area contributed by atoms with Crippen LogP contribution in [0.2, 0.25) is 0 Å². The summed E-state index contributed by atoms with van der Waals surface area (Å²) in [5, 5.41) is 14.0. The summed E-state index contributed by atoms with van der Waals surface area (Å²) in [6, 6.07) is 3.68. The van der Waals surface area contributed by atoms with Crippen molar-refractivity contribution in [3.8, 4) is 0 Å². The van der Waals surface area contributed by atoms with E-state index in [0.717, 1.165) is 19.2 Å². The third-order valence-corrected chi connectivity index (χ3v) is 3.67. The summed E-state index contributed by atoms with van der Waals surface area (Å²) >= 11 is 0.